The number of aryl methyl sites for hydroxylation is 2. The van der Waals surface area contributed by atoms with E-state index in [9.17, 15) is 9.59 Å². The molecule has 2 heterocycles. The predicted octanol–water partition coefficient (Wildman–Crippen LogP) is 4.36. The summed E-state index contributed by atoms with van der Waals surface area (Å²) in [6, 6.07) is 15.1. The van der Waals surface area contributed by atoms with E-state index in [0.717, 1.165) is 40.6 Å². The second kappa shape index (κ2) is 8.71. The first-order valence-electron chi connectivity index (χ1n) is 10.4. The minimum Gasteiger partial charge on any atom is -0.376 e. The lowest BCUT2D eigenvalue weighted by Gasteiger charge is -2.26. The number of rotatable bonds is 5. The third-order valence-electron chi connectivity index (χ3n) is 5.49. The summed E-state index contributed by atoms with van der Waals surface area (Å²) in [5.74, 6) is 0. The van der Waals surface area contributed by atoms with Gasteiger partial charge in [0.05, 0.1) is 18.2 Å². The van der Waals surface area contributed by atoms with Crippen molar-refractivity contribution in [3.8, 4) is 0 Å². The van der Waals surface area contributed by atoms with Crippen LogP contribution in [0.4, 0.5) is 10.5 Å². The molecule has 6 heteroatoms. The van der Waals surface area contributed by atoms with Crippen molar-refractivity contribution in [2.45, 2.75) is 39.3 Å². The molecule has 1 aromatic heterocycles. The third kappa shape index (κ3) is 4.54. The number of carbonyl (C=O) groups excluding carboxylic acids is 1. The zero-order valence-corrected chi connectivity index (χ0v) is 17.4. The number of hydrogen-bond donors (Lipinski definition) is 2. The lowest BCUT2D eigenvalue weighted by Crippen LogP contribution is -2.40. The number of para-hydroxylation sites is 1. The van der Waals surface area contributed by atoms with Gasteiger partial charge in [0.1, 0.15) is 0 Å². The van der Waals surface area contributed by atoms with E-state index in [-0.39, 0.29) is 24.2 Å². The van der Waals surface area contributed by atoms with Crippen molar-refractivity contribution in [2.75, 3.05) is 18.5 Å². The predicted molar refractivity (Wildman–Crippen MR) is 119 cm³/mol. The van der Waals surface area contributed by atoms with Crippen LogP contribution < -0.4 is 10.9 Å². The number of hydrogen-bond acceptors (Lipinski definition) is 3. The molecule has 3 aromatic rings. The summed E-state index contributed by atoms with van der Waals surface area (Å²) in [6.07, 6.45) is 1.91. The highest BCUT2D eigenvalue weighted by atomic mass is 16.5. The fourth-order valence-corrected chi connectivity index (χ4v) is 4.03. The average Bonchev–Trinajstić information content (AvgIpc) is 3.22. The largest absolute Gasteiger partial charge is 0.376 e. The van der Waals surface area contributed by atoms with Crippen LogP contribution in [0.5, 0.6) is 0 Å². The SMILES string of the molecule is Cc1cc(C)c2[nH]c(=O)c(CN(C[C@H]3CCCO3)C(=O)Nc3ccccc3)cc2c1. The van der Waals surface area contributed by atoms with Crippen molar-refractivity contribution >= 4 is 22.6 Å². The highest BCUT2D eigenvalue weighted by Crippen LogP contribution is 2.20. The maximum Gasteiger partial charge on any atom is 0.322 e. The Kier molecular flexibility index (Phi) is 5.86. The number of aromatic nitrogens is 1. The number of H-pyrrole nitrogens is 1. The Balaban J connectivity index is 1.62. The maximum atomic E-state index is 13.0. The van der Waals surface area contributed by atoms with Gasteiger partial charge >= 0.3 is 6.03 Å². The first-order chi connectivity index (χ1) is 14.5. The standard InChI is InChI=1S/C24H27N3O3/c1-16-11-17(2)22-18(12-16)13-19(23(28)26-22)14-27(15-21-9-6-10-30-21)24(29)25-20-7-4-3-5-8-20/h3-5,7-8,11-13,21H,6,9-10,14-15H2,1-2H3,(H,25,29)(H,26,28)/t21-/m1/s1. The molecule has 2 amide bonds. The fraction of sp³-hybridized carbons (Fsp3) is 0.333. The molecule has 2 aromatic carbocycles. The molecule has 30 heavy (non-hydrogen) atoms. The molecule has 1 aliphatic heterocycles. The molecule has 1 atom stereocenters. The molecule has 1 saturated heterocycles. The number of ether oxygens (including phenoxy) is 1. The Morgan fingerprint density at radius 1 is 1.20 bits per heavy atom. The number of nitrogens with zero attached hydrogens (tertiary/aromatic N) is 1. The van der Waals surface area contributed by atoms with Gasteiger partial charge in [-0.25, -0.2) is 4.79 Å². The van der Waals surface area contributed by atoms with E-state index < -0.39 is 0 Å². The monoisotopic (exact) mass is 405 g/mol. The first-order valence-corrected chi connectivity index (χ1v) is 10.4. The van der Waals surface area contributed by atoms with Gasteiger partial charge in [-0.1, -0.05) is 29.8 Å². The van der Waals surface area contributed by atoms with Crippen molar-refractivity contribution in [2.24, 2.45) is 0 Å². The summed E-state index contributed by atoms with van der Waals surface area (Å²) in [5.41, 5.74) is 4.13. The van der Waals surface area contributed by atoms with Crippen LogP contribution >= 0.6 is 0 Å². The molecule has 156 valence electrons. The Morgan fingerprint density at radius 2 is 2.00 bits per heavy atom. The second-order valence-electron chi connectivity index (χ2n) is 7.98. The lowest BCUT2D eigenvalue weighted by atomic mass is 10.1. The second-order valence-corrected chi connectivity index (χ2v) is 7.98. The smallest absolute Gasteiger partial charge is 0.322 e. The number of fused-ring (bicyclic) bond motifs is 1. The molecular formula is C24H27N3O3. The Labute approximate surface area is 175 Å². The van der Waals surface area contributed by atoms with E-state index in [1.54, 1.807) is 4.90 Å². The van der Waals surface area contributed by atoms with E-state index in [2.05, 4.69) is 22.4 Å². The molecule has 1 aliphatic rings. The van der Waals surface area contributed by atoms with Crippen molar-refractivity contribution in [1.29, 1.82) is 0 Å². The number of urea groups is 1. The van der Waals surface area contributed by atoms with Crippen LogP contribution in [0.15, 0.2) is 53.3 Å². The van der Waals surface area contributed by atoms with Crippen molar-refractivity contribution < 1.29 is 9.53 Å². The van der Waals surface area contributed by atoms with E-state index >= 15 is 0 Å². The number of pyridine rings is 1. The van der Waals surface area contributed by atoms with E-state index in [1.165, 1.54) is 0 Å². The summed E-state index contributed by atoms with van der Waals surface area (Å²) in [7, 11) is 0. The summed E-state index contributed by atoms with van der Waals surface area (Å²) in [6.45, 7) is 5.41. The minimum atomic E-state index is -0.239. The molecule has 0 radical (unpaired) electrons. The summed E-state index contributed by atoms with van der Waals surface area (Å²) in [4.78, 5) is 30.5. The molecule has 0 saturated carbocycles. The molecule has 1 fully saturated rings. The van der Waals surface area contributed by atoms with Gasteiger partial charge in [-0.2, -0.15) is 0 Å². The maximum absolute atomic E-state index is 13.0. The van der Waals surface area contributed by atoms with Gasteiger partial charge in [0, 0.05) is 24.4 Å². The van der Waals surface area contributed by atoms with Crippen molar-refractivity contribution in [3.63, 3.8) is 0 Å². The van der Waals surface area contributed by atoms with Crippen LogP contribution in [0.1, 0.15) is 29.5 Å². The highest BCUT2D eigenvalue weighted by Gasteiger charge is 2.24. The van der Waals surface area contributed by atoms with E-state index in [0.29, 0.717) is 18.7 Å². The van der Waals surface area contributed by atoms with Crippen LogP contribution in [-0.2, 0) is 11.3 Å². The first kappa shape index (κ1) is 20.2. The normalized spacial score (nSPS) is 16.0. The van der Waals surface area contributed by atoms with Crippen LogP contribution in [-0.4, -0.2) is 35.2 Å². The molecule has 0 unspecified atom stereocenters. The summed E-state index contributed by atoms with van der Waals surface area (Å²) >= 11 is 0. The molecule has 2 N–H and O–H groups in total. The minimum absolute atomic E-state index is 0.00412. The molecular weight excluding hydrogens is 378 g/mol. The zero-order chi connectivity index (χ0) is 21.1. The van der Waals surface area contributed by atoms with Crippen LogP contribution in [0.2, 0.25) is 0 Å². The number of nitrogens with one attached hydrogen (secondary N) is 2. The van der Waals surface area contributed by atoms with E-state index in [4.69, 9.17) is 4.74 Å². The topological polar surface area (TPSA) is 74.4 Å². The van der Waals surface area contributed by atoms with Gasteiger partial charge in [0.2, 0.25) is 0 Å². The number of amides is 2. The molecule has 6 nitrogen and oxygen atoms in total. The van der Waals surface area contributed by atoms with E-state index in [1.807, 2.05) is 50.2 Å². The molecule has 0 bridgehead atoms. The summed E-state index contributed by atoms with van der Waals surface area (Å²) in [5, 5.41) is 3.90. The van der Waals surface area contributed by atoms with Crippen molar-refractivity contribution in [1.82, 2.24) is 9.88 Å². The quantitative estimate of drug-likeness (QED) is 0.662. The van der Waals surface area contributed by atoms with Crippen LogP contribution in [0, 0.1) is 13.8 Å². The van der Waals surface area contributed by atoms with Crippen LogP contribution in [0.3, 0.4) is 0 Å². The Hall–Kier alpha value is -3.12. The molecule has 0 aliphatic carbocycles. The van der Waals surface area contributed by atoms with Crippen molar-refractivity contribution in [3.05, 3.63) is 75.6 Å². The van der Waals surface area contributed by atoms with Gasteiger partial charge in [0.25, 0.3) is 5.56 Å². The van der Waals surface area contributed by atoms with Gasteiger partial charge in [0.15, 0.2) is 0 Å². The lowest BCUT2D eigenvalue weighted by molar-refractivity contribution is 0.0818. The zero-order valence-electron chi connectivity index (χ0n) is 17.4. The Bertz CT molecular complexity index is 1100. The molecule has 4 rings (SSSR count). The molecule has 0 spiro atoms. The fourth-order valence-electron chi connectivity index (χ4n) is 4.03. The van der Waals surface area contributed by atoms with Gasteiger partial charge in [-0.3, -0.25) is 4.79 Å². The number of benzene rings is 2. The Morgan fingerprint density at radius 3 is 2.73 bits per heavy atom. The third-order valence-corrected chi connectivity index (χ3v) is 5.49. The number of aromatic amines is 1. The average molecular weight is 405 g/mol. The summed E-state index contributed by atoms with van der Waals surface area (Å²) < 4.78 is 5.75. The number of carbonyl (C=O) groups is 1. The van der Waals surface area contributed by atoms with Crippen LogP contribution in [0.25, 0.3) is 10.9 Å². The van der Waals surface area contributed by atoms with Gasteiger partial charge < -0.3 is 19.9 Å². The highest BCUT2D eigenvalue weighted by molar-refractivity contribution is 5.89. The van der Waals surface area contributed by atoms with Gasteiger partial charge in [-0.15, -0.1) is 0 Å². The number of anilines is 1. The van der Waals surface area contributed by atoms with Gasteiger partial charge in [-0.05, 0) is 61.9 Å².